The second-order valence-electron chi connectivity index (χ2n) is 15.4. The fourth-order valence-electron chi connectivity index (χ4n) is 5.42. The van der Waals surface area contributed by atoms with Gasteiger partial charge in [-0.15, -0.1) is 0 Å². The van der Waals surface area contributed by atoms with Crippen LogP contribution in [0.4, 0.5) is 0 Å². The second kappa shape index (κ2) is 37.3. The highest BCUT2D eigenvalue weighted by atomic mass is 31.2. The Morgan fingerprint density at radius 1 is 0.564 bits per heavy atom. The highest BCUT2D eigenvalue weighted by Crippen LogP contribution is 2.43. The van der Waals surface area contributed by atoms with Crippen LogP contribution in [0.1, 0.15) is 162 Å². The normalized spacial score (nSPS) is 14.2. The zero-order chi connectivity index (χ0) is 40.7. The summed E-state index contributed by atoms with van der Waals surface area (Å²) < 4.78 is 34.2. The van der Waals surface area contributed by atoms with Crippen LogP contribution in [0.25, 0.3) is 0 Å². The van der Waals surface area contributed by atoms with Gasteiger partial charge in [-0.1, -0.05) is 164 Å². The molecule has 9 nitrogen and oxygen atoms in total. The SMILES string of the molecule is CCC/C=C\C/C=C\C/C=C\C/C=C\C/C=C\CCC(=O)OC(COC(=O)CCCCCCCCCCCCCCCC)COP(=O)(O)OCC[N+](C)(C)C. The summed E-state index contributed by atoms with van der Waals surface area (Å²) in [4.78, 5) is 35.3. The second-order valence-corrected chi connectivity index (χ2v) is 16.8. The van der Waals surface area contributed by atoms with E-state index in [1.807, 2.05) is 33.3 Å². The molecule has 0 saturated carbocycles. The molecule has 2 unspecified atom stereocenters. The number of allylic oxidation sites excluding steroid dienone is 10. The number of rotatable bonds is 38. The number of nitrogens with zero attached hydrogens (tertiary/aromatic N) is 1. The van der Waals surface area contributed by atoms with Gasteiger partial charge in [-0.05, 0) is 44.9 Å². The number of likely N-dealkylation sites (N-methyl/N-ethyl adjacent to an activating group) is 1. The zero-order valence-corrected chi connectivity index (χ0v) is 36.5. The largest absolute Gasteiger partial charge is 0.472 e. The summed E-state index contributed by atoms with van der Waals surface area (Å²) in [5.74, 6) is -0.896. The lowest BCUT2D eigenvalue weighted by Gasteiger charge is -2.24. The standard InChI is InChI=1S/C45H80NO8P/c1-6-8-10-12-14-16-18-20-22-23-24-26-28-30-32-34-36-38-45(48)54-43(42-53-55(49,50)52-40-39-46(3,4)5)41-51-44(47)37-35-33-31-29-27-25-21-19-17-15-13-11-9-7-2/h10,12,16,18,22-23,26,28,32,34,43H,6-9,11,13-15,17,19-21,24-25,27,29-31,33,35-42H2,1-5H3/p+1/b12-10-,18-16-,23-22-,28-26-,34-32-. The van der Waals surface area contributed by atoms with Gasteiger partial charge < -0.3 is 18.9 Å². The molecule has 0 rings (SSSR count). The van der Waals surface area contributed by atoms with Gasteiger partial charge >= 0.3 is 19.8 Å². The van der Waals surface area contributed by atoms with Gasteiger partial charge in [-0.2, -0.15) is 0 Å². The molecule has 318 valence electrons. The molecular formula is C45H81NO8P+. The van der Waals surface area contributed by atoms with Gasteiger partial charge in [-0.25, -0.2) is 4.57 Å². The first kappa shape index (κ1) is 52.7. The molecule has 0 amide bonds. The smallest absolute Gasteiger partial charge is 0.462 e. The maximum absolute atomic E-state index is 12.6. The van der Waals surface area contributed by atoms with E-state index < -0.39 is 26.5 Å². The lowest BCUT2D eigenvalue weighted by molar-refractivity contribution is -0.870. The van der Waals surface area contributed by atoms with Crippen molar-refractivity contribution in [3.05, 3.63) is 60.8 Å². The van der Waals surface area contributed by atoms with Crippen molar-refractivity contribution in [2.24, 2.45) is 0 Å². The van der Waals surface area contributed by atoms with Gasteiger partial charge in [0.05, 0.1) is 27.7 Å². The zero-order valence-electron chi connectivity index (χ0n) is 35.6. The fraction of sp³-hybridized carbons (Fsp3) is 0.733. The number of esters is 2. The molecule has 0 aliphatic carbocycles. The van der Waals surface area contributed by atoms with E-state index in [-0.39, 0.29) is 32.0 Å². The van der Waals surface area contributed by atoms with Crippen LogP contribution in [0.5, 0.6) is 0 Å². The van der Waals surface area contributed by atoms with Crippen molar-refractivity contribution in [2.75, 3.05) is 47.5 Å². The minimum absolute atomic E-state index is 0.0171. The molecular weight excluding hydrogens is 713 g/mol. The average molecular weight is 795 g/mol. The molecule has 55 heavy (non-hydrogen) atoms. The molecule has 10 heteroatoms. The van der Waals surface area contributed by atoms with Gasteiger partial charge in [0.25, 0.3) is 0 Å². The van der Waals surface area contributed by atoms with Gasteiger partial charge in [-0.3, -0.25) is 18.6 Å². The van der Waals surface area contributed by atoms with Crippen LogP contribution < -0.4 is 0 Å². The Morgan fingerprint density at radius 3 is 1.49 bits per heavy atom. The third-order valence-corrected chi connectivity index (χ3v) is 9.78. The number of quaternary nitrogens is 1. The Hall–Kier alpha value is -2.29. The quantitative estimate of drug-likeness (QED) is 0.0216. The first-order valence-electron chi connectivity index (χ1n) is 21.5. The maximum Gasteiger partial charge on any atom is 0.472 e. The number of unbranched alkanes of at least 4 members (excludes halogenated alkanes) is 14. The molecule has 0 aromatic heterocycles. The van der Waals surface area contributed by atoms with Gasteiger partial charge in [0.15, 0.2) is 6.10 Å². The number of phosphoric acid groups is 1. The third-order valence-electron chi connectivity index (χ3n) is 8.80. The Kier molecular flexibility index (Phi) is 35.7. The molecule has 0 bridgehead atoms. The van der Waals surface area contributed by atoms with Gasteiger partial charge in [0.2, 0.25) is 0 Å². The average Bonchev–Trinajstić information content (AvgIpc) is 3.13. The van der Waals surface area contributed by atoms with Crippen molar-refractivity contribution >= 4 is 19.8 Å². The number of carbonyl (C=O) groups is 2. The van der Waals surface area contributed by atoms with Gasteiger partial charge in [0.1, 0.15) is 19.8 Å². The predicted octanol–water partition coefficient (Wildman–Crippen LogP) is 12.1. The first-order chi connectivity index (χ1) is 26.5. The number of ether oxygens (including phenoxy) is 2. The summed E-state index contributed by atoms with van der Waals surface area (Å²) in [5.41, 5.74) is 0. The minimum atomic E-state index is -4.39. The van der Waals surface area contributed by atoms with Gasteiger partial charge in [0, 0.05) is 12.8 Å². The van der Waals surface area contributed by atoms with Crippen LogP contribution in [-0.4, -0.2) is 74.9 Å². The molecule has 0 heterocycles. The first-order valence-corrected chi connectivity index (χ1v) is 23.0. The highest BCUT2D eigenvalue weighted by Gasteiger charge is 2.27. The van der Waals surface area contributed by atoms with Crippen molar-refractivity contribution < 1.29 is 42.1 Å². The summed E-state index contributed by atoms with van der Waals surface area (Å²) in [7, 11) is 1.43. The van der Waals surface area contributed by atoms with E-state index >= 15 is 0 Å². The van der Waals surface area contributed by atoms with E-state index in [2.05, 4.69) is 62.5 Å². The molecule has 1 N–H and O–H groups in total. The van der Waals surface area contributed by atoms with Crippen molar-refractivity contribution in [1.82, 2.24) is 0 Å². The van der Waals surface area contributed by atoms with Crippen LogP contribution in [0.3, 0.4) is 0 Å². The third kappa shape index (κ3) is 41.2. The topological polar surface area (TPSA) is 108 Å². The number of carbonyl (C=O) groups excluding carboxylic acids is 2. The van der Waals surface area contributed by atoms with E-state index in [4.69, 9.17) is 18.5 Å². The lowest BCUT2D eigenvalue weighted by Crippen LogP contribution is -2.37. The molecule has 0 aliphatic heterocycles. The minimum Gasteiger partial charge on any atom is -0.462 e. The molecule has 0 saturated heterocycles. The van der Waals surface area contributed by atoms with Crippen LogP contribution in [-0.2, 0) is 32.7 Å². The van der Waals surface area contributed by atoms with Crippen LogP contribution >= 0.6 is 7.82 Å². The Balaban J connectivity index is 4.50. The van der Waals surface area contributed by atoms with E-state index in [9.17, 15) is 19.0 Å². The van der Waals surface area contributed by atoms with Crippen molar-refractivity contribution in [3.63, 3.8) is 0 Å². The molecule has 2 atom stereocenters. The summed E-state index contributed by atoms with van der Waals surface area (Å²) in [6.07, 6.45) is 44.2. The van der Waals surface area contributed by atoms with Crippen LogP contribution in [0, 0.1) is 0 Å². The van der Waals surface area contributed by atoms with Crippen LogP contribution in [0.2, 0.25) is 0 Å². The van der Waals surface area contributed by atoms with Crippen molar-refractivity contribution in [1.29, 1.82) is 0 Å². The summed E-state index contributed by atoms with van der Waals surface area (Å²) in [6, 6.07) is 0. The van der Waals surface area contributed by atoms with Crippen molar-refractivity contribution in [3.8, 4) is 0 Å². The Morgan fingerprint density at radius 2 is 1.02 bits per heavy atom. The van der Waals surface area contributed by atoms with Crippen molar-refractivity contribution in [2.45, 2.75) is 168 Å². The van der Waals surface area contributed by atoms with E-state index in [0.717, 1.165) is 51.4 Å². The molecule has 0 aliphatic rings. The maximum atomic E-state index is 12.6. The monoisotopic (exact) mass is 795 g/mol. The molecule has 0 fully saturated rings. The lowest BCUT2D eigenvalue weighted by atomic mass is 10.0. The Bertz CT molecular complexity index is 1120. The number of phosphoric ester groups is 1. The summed E-state index contributed by atoms with van der Waals surface area (Å²) >= 11 is 0. The molecule has 0 radical (unpaired) electrons. The molecule has 0 aromatic carbocycles. The number of hydrogen-bond acceptors (Lipinski definition) is 7. The highest BCUT2D eigenvalue weighted by molar-refractivity contribution is 7.47. The molecule has 0 aromatic rings. The van der Waals surface area contributed by atoms with E-state index in [0.29, 0.717) is 17.4 Å². The van der Waals surface area contributed by atoms with E-state index in [1.54, 1.807) is 0 Å². The fourth-order valence-corrected chi connectivity index (χ4v) is 6.16. The van der Waals surface area contributed by atoms with Crippen LogP contribution in [0.15, 0.2) is 60.8 Å². The van der Waals surface area contributed by atoms with E-state index in [1.165, 1.54) is 77.0 Å². The number of hydrogen-bond donors (Lipinski definition) is 1. The predicted molar refractivity (Wildman–Crippen MR) is 229 cm³/mol. The Labute approximate surface area is 336 Å². The molecule has 0 spiro atoms. The summed E-state index contributed by atoms with van der Waals surface area (Å²) in [5, 5.41) is 0. The summed E-state index contributed by atoms with van der Waals surface area (Å²) in [6.45, 7) is 4.26.